The fraction of sp³-hybridized carbons (Fsp3) is 0.978. The molecule has 0 heterocycles. The van der Waals surface area contributed by atoms with Gasteiger partial charge in [-0.1, -0.05) is 251 Å². The Balaban J connectivity index is 3.41. The van der Waals surface area contributed by atoms with Crippen LogP contribution in [0.1, 0.15) is 270 Å². The van der Waals surface area contributed by atoms with Crippen LogP contribution in [-0.2, 0) is 4.79 Å². The van der Waals surface area contributed by atoms with Gasteiger partial charge >= 0.3 is 5.97 Å². The van der Waals surface area contributed by atoms with Crippen molar-refractivity contribution in [1.29, 1.82) is 0 Å². The first-order valence-corrected chi connectivity index (χ1v) is 23.1. The maximum absolute atomic E-state index is 11.8. The molecule has 0 aromatic heterocycles. The fourth-order valence-corrected chi connectivity index (χ4v) is 7.77. The van der Waals surface area contributed by atoms with Crippen molar-refractivity contribution < 1.29 is 20.1 Å². The Morgan fingerprint density at radius 1 is 0.360 bits per heavy atom. The highest BCUT2D eigenvalue weighted by Crippen LogP contribution is 2.21. The van der Waals surface area contributed by atoms with Crippen LogP contribution in [0.4, 0.5) is 0 Å². The van der Waals surface area contributed by atoms with E-state index >= 15 is 0 Å². The number of carboxylic acids is 1. The Labute approximate surface area is 314 Å². The molecular weight excluding hydrogens is 617 g/mol. The number of unbranched alkanes of at least 4 members (excludes halogenated alkanes) is 37. The topological polar surface area (TPSA) is 77.8 Å². The number of rotatable bonds is 44. The lowest BCUT2D eigenvalue weighted by Gasteiger charge is -2.19. The standard InChI is InChI=1S/C46H92O4/c1-2-3-4-5-6-7-8-9-10-11-12-13-14-15-16-17-18-19-20-24-27-30-33-36-39-42-45(48)44(46(49)50)41-38-35-32-29-26-23-21-22-25-28-31-34-37-40-43-47/h44-45,47-48H,2-43H2,1H3,(H,49,50). The van der Waals surface area contributed by atoms with Crippen LogP contribution in [0.3, 0.4) is 0 Å². The first-order valence-electron chi connectivity index (χ1n) is 23.1. The van der Waals surface area contributed by atoms with Crippen LogP contribution < -0.4 is 0 Å². The molecule has 4 heteroatoms. The summed E-state index contributed by atoms with van der Waals surface area (Å²) in [5, 5.41) is 29.1. The minimum atomic E-state index is -0.814. The van der Waals surface area contributed by atoms with Crippen molar-refractivity contribution in [2.75, 3.05) is 6.61 Å². The number of hydrogen-bond donors (Lipinski definition) is 3. The van der Waals surface area contributed by atoms with Gasteiger partial charge in [0.2, 0.25) is 0 Å². The normalized spacial score (nSPS) is 12.9. The van der Waals surface area contributed by atoms with Crippen molar-refractivity contribution in [3.8, 4) is 0 Å². The van der Waals surface area contributed by atoms with E-state index in [1.807, 2.05) is 0 Å². The summed E-state index contributed by atoms with van der Waals surface area (Å²) < 4.78 is 0. The first kappa shape index (κ1) is 49.4. The van der Waals surface area contributed by atoms with Gasteiger partial charge in [0.1, 0.15) is 0 Å². The Kier molecular flexibility index (Phi) is 42.3. The lowest BCUT2D eigenvalue weighted by molar-refractivity contribution is -0.146. The summed E-state index contributed by atoms with van der Waals surface area (Å²) in [6, 6.07) is 0. The molecule has 0 spiro atoms. The number of aliphatic hydroxyl groups is 2. The predicted molar refractivity (Wildman–Crippen MR) is 219 cm³/mol. The summed E-state index contributed by atoms with van der Waals surface area (Å²) in [6.45, 7) is 2.63. The summed E-state index contributed by atoms with van der Waals surface area (Å²) in [5.74, 6) is -1.40. The number of carboxylic acid groups (broad SMARTS) is 1. The minimum Gasteiger partial charge on any atom is -0.481 e. The highest BCUT2D eigenvalue weighted by molar-refractivity contribution is 5.70. The zero-order valence-electron chi connectivity index (χ0n) is 34.1. The van der Waals surface area contributed by atoms with Crippen LogP contribution in [0.25, 0.3) is 0 Å². The molecule has 0 rings (SSSR count). The molecule has 0 aliphatic rings. The Morgan fingerprint density at radius 3 is 0.820 bits per heavy atom. The largest absolute Gasteiger partial charge is 0.481 e. The molecule has 0 aromatic carbocycles. The summed E-state index contributed by atoms with van der Waals surface area (Å²) in [5.41, 5.74) is 0. The van der Waals surface area contributed by atoms with E-state index in [4.69, 9.17) is 5.11 Å². The minimum absolute atomic E-state index is 0.335. The van der Waals surface area contributed by atoms with Crippen molar-refractivity contribution in [1.82, 2.24) is 0 Å². The third-order valence-corrected chi connectivity index (χ3v) is 11.3. The van der Waals surface area contributed by atoms with E-state index in [-0.39, 0.29) is 0 Å². The molecule has 50 heavy (non-hydrogen) atoms. The molecule has 4 nitrogen and oxygen atoms in total. The second-order valence-electron chi connectivity index (χ2n) is 16.2. The second kappa shape index (κ2) is 42.8. The van der Waals surface area contributed by atoms with E-state index in [9.17, 15) is 15.0 Å². The second-order valence-corrected chi connectivity index (χ2v) is 16.2. The Morgan fingerprint density at radius 2 is 0.580 bits per heavy atom. The van der Waals surface area contributed by atoms with Gasteiger partial charge in [0.25, 0.3) is 0 Å². The van der Waals surface area contributed by atoms with E-state index < -0.39 is 18.0 Å². The summed E-state index contributed by atoms with van der Waals surface area (Å²) >= 11 is 0. The van der Waals surface area contributed by atoms with E-state index in [1.54, 1.807) is 0 Å². The van der Waals surface area contributed by atoms with Crippen LogP contribution in [0.15, 0.2) is 0 Å². The number of hydrogen-bond acceptors (Lipinski definition) is 3. The highest BCUT2D eigenvalue weighted by atomic mass is 16.4. The van der Waals surface area contributed by atoms with Crippen LogP contribution in [-0.4, -0.2) is 34.0 Å². The van der Waals surface area contributed by atoms with Gasteiger partial charge in [0.15, 0.2) is 0 Å². The van der Waals surface area contributed by atoms with Gasteiger partial charge < -0.3 is 15.3 Å². The van der Waals surface area contributed by atoms with Gasteiger partial charge in [-0.25, -0.2) is 0 Å². The molecule has 0 saturated carbocycles. The number of aliphatic carboxylic acids is 1. The molecular formula is C46H92O4. The molecule has 2 unspecified atom stereocenters. The van der Waals surface area contributed by atoms with E-state index in [2.05, 4.69) is 6.92 Å². The van der Waals surface area contributed by atoms with Crippen LogP contribution in [0.2, 0.25) is 0 Å². The van der Waals surface area contributed by atoms with Gasteiger partial charge in [0.05, 0.1) is 12.0 Å². The lowest BCUT2D eigenvalue weighted by atomic mass is 9.91. The van der Waals surface area contributed by atoms with Crippen molar-refractivity contribution in [2.45, 2.75) is 276 Å². The predicted octanol–water partition coefficient (Wildman–Crippen LogP) is 15.1. The SMILES string of the molecule is CCCCCCCCCCCCCCCCCCCCCCCCCCCC(O)C(CCCCCCCCCCCCCCCCO)C(=O)O. The average Bonchev–Trinajstić information content (AvgIpc) is 3.11. The quantitative estimate of drug-likeness (QED) is 0.0551. The van der Waals surface area contributed by atoms with Gasteiger partial charge in [-0.2, -0.15) is 0 Å². The highest BCUT2D eigenvalue weighted by Gasteiger charge is 2.25. The zero-order chi connectivity index (χ0) is 36.4. The molecule has 0 amide bonds. The average molecular weight is 709 g/mol. The van der Waals surface area contributed by atoms with Crippen LogP contribution in [0, 0.1) is 5.92 Å². The van der Waals surface area contributed by atoms with Gasteiger partial charge in [-0.3, -0.25) is 4.79 Å². The van der Waals surface area contributed by atoms with E-state index in [0.717, 1.165) is 32.1 Å². The maximum Gasteiger partial charge on any atom is 0.309 e. The van der Waals surface area contributed by atoms with Gasteiger partial charge in [-0.05, 0) is 19.3 Å². The molecule has 3 N–H and O–H groups in total. The van der Waals surface area contributed by atoms with Gasteiger partial charge in [0, 0.05) is 6.61 Å². The van der Waals surface area contributed by atoms with Crippen molar-refractivity contribution in [3.05, 3.63) is 0 Å². The summed E-state index contributed by atoms with van der Waals surface area (Å²) in [6.07, 6.45) is 52.2. The molecule has 0 aliphatic heterocycles. The molecule has 2 atom stereocenters. The van der Waals surface area contributed by atoms with E-state index in [1.165, 1.54) is 218 Å². The van der Waals surface area contributed by atoms with E-state index in [0.29, 0.717) is 19.4 Å². The molecule has 0 aliphatic carbocycles. The van der Waals surface area contributed by atoms with Crippen LogP contribution >= 0.6 is 0 Å². The van der Waals surface area contributed by atoms with Crippen molar-refractivity contribution >= 4 is 5.97 Å². The Hall–Kier alpha value is -0.610. The summed E-state index contributed by atoms with van der Waals surface area (Å²) in [4.78, 5) is 11.8. The lowest BCUT2D eigenvalue weighted by Crippen LogP contribution is -2.28. The summed E-state index contributed by atoms with van der Waals surface area (Å²) in [7, 11) is 0. The van der Waals surface area contributed by atoms with Crippen LogP contribution in [0.5, 0.6) is 0 Å². The molecule has 0 saturated heterocycles. The monoisotopic (exact) mass is 709 g/mol. The molecule has 0 aromatic rings. The smallest absolute Gasteiger partial charge is 0.309 e. The first-order chi connectivity index (χ1) is 24.6. The molecule has 0 bridgehead atoms. The third-order valence-electron chi connectivity index (χ3n) is 11.3. The number of carbonyl (C=O) groups is 1. The Bertz CT molecular complexity index is 638. The third kappa shape index (κ3) is 38.6. The molecule has 0 fully saturated rings. The van der Waals surface area contributed by atoms with Crippen molar-refractivity contribution in [3.63, 3.8) is 0 Å². The fourth-order valence-electron chi connectivity index (χ4n) is 7.77. The molecule has 0 radical (unpaired) electrons. The van der Waals surface area contributed by atoms with Crippen molar-refractivity contribution in [2.24, 2.45) is 5.92 Å². The molecule has 300 valence electrons. The maximum atomic E-state index is 11.8. The number of aliphatic hydroxyl groups excluding tert-OH is 2. The zero-order valence-corrected chi connectivity index (χ0v) is 34.1. The van der Waals surface area contributed by atoms with Gasteiger partial charge in [-0.15, -0.1) is 0 Å².